The molecule has 0 spiro atoms. The van der Waals surface area contributed by atoms with Crippen LogP contribution in [0.3, 0.4) is 0 Å². The molecule has 0 aliphatic carbocycles. The van der Waals surface area contributed by atoms with Crippen LogP contribution in [-0.4, -0.2) is 18.2 Å². The molecule has 0 aliphatic rings. The van der Waals surface area contributed by atoms with Crippen molar-refractivity contribution >= 4 is 21.8 Å². The first-order valence-corrected chi connectivity index (χ1v) is 6.01. The van der Waals surface area contributed by atoms with E-state index in [1.165, 1.54) is 6.26 Å². The normalized spacial score (nSPS) is 10.1. The van der Waals surface area contributed by atoms with Gasteiger partial charge in [0.2, 0.25) is 0 Å². The lowest BCUT2D eigenvalue weighted by Crippen LogP contribution is -2.23. The van der Waals surface area contributed by atoms with E-state index in [1.807, 2.05) is 0 Å². The molecular weight excluding hydrogens is 300 g/mol. The smallest absolute Gasteiger partial charge is 0.252 e. The van der Waals surface area contributed by atoms with Crippen molar-refractivity contribution in [1.29, 1.82) is 0 Å². The lowest BCUT2D eigenvalue weighted by atomic mass is 10.2. The predicted octanol–water partition coefficient (Wildman–Crippen LogP) is 2.38. The fourth-order valence-corrected chi connectivity index (χ4v) is 1.83. The molecule has 1 aromatic carbocycles. The summed E-state index contributed by atoms with van der Waals surface area (Å²) in [5.41, 5.74) is 1.18. The molecule has 6 heteroatoms. The first kappa shape index (κ1) is 12.6. The summed E-state index contributed by atoms with van der Waals surface area (Å²) in [5, 5.41) is 6.46. The highest BCUT2D eigenvalue weighted by Crippen LogP contribution is 2.22. The highest BCUT2D eigenvalue weighted by Gasteiger charge is 2.11. The zero-order chi connectivity index (χ0) is 13.0. The molecule has 0 bridgehead atoms. The van der Waals surface area contributed by atoms with Gasteiger partial charge in [-0.15, -0.1) is 0 Å². The van der Waals surface area contributed by atoms with Crippen molar-refractivity contribution in [2.24, 2.45) is 0 Å². The molecule has 1 amide bonds. The van der Waals surface area contributed by atoms with Crippen molar-refractivity contribution in [2.45, 2.75) is 6.54 Å². The summed E-state index contributed by atoms with van der Waals surface area (Å²) in [6.07, 6.45) is 1.46. The molecule has 0 aliphatic heterocycles. The number of hydrogen-bond acceptors (Lipinski definition) is 4. The summed E-state index contributed by atoms with van der Waals surface area (Å²) in [4.78, 5) is 12.0. The average Bonchev–Trinajstić information content (AvgIpc) is 2.89. The van der Waals surface area contributed by atoms with Crippen LogP contribution in [0.1, 0.15) is 16.1 Å². The van der Waals surface area contributed by atoms with Gasteiger partial charge in [0.15, 0.2) is 0 Å². The Hall–Kier alpha value is -1.82. The summed E-state index contributed by atoms with van der Waals surface area (Å²) in [6.45, 7) is 0.318. The number of amides is 1. The molecule has 5 nitrogen and oxygen atoms in total. The van der Waals surface area contributed by atoms with Crippen LogP contribution in [0.4, 0.5) is 0 Å². The quantitative estimate of drug-likeness (QED) is 0.941. The Morgan fingerprint density at radius 2 is 2.33 bits per heavy atom. The highest BCUT2D eigenvalue weighted by molar-refractivity contribution is 9.10. The molecule has 0 saturated heterocycles. The fraction of sp³-hybridized carbons (Fsp3) is 0.167. The molecule has 0 fully saturated rings. The van der Waals surface area contributed by atoms with Gasteiger partial charge in [0.05, 0.1) is 19.2 Å². The van der Waals surface area contributed by atoms with Crippen LogP contribution in [0, 0.1) is 0 Å². The minimum Gasteiger partial charge on any atom is -0.497 e. The van der Waals surface area contributed by atoms with E-state index in [1.54, 1.807) is 31.4 Å². The second kappa shape index (κ2) is 5.68. The maximum absolute atomic E-state index is 12.0. The van der Waals surface area contributed by atoms with E-state index in [4.69, 9.17) is 4.74 Å². The van der Waals surface area contributed by atoms with Crippen LogP contribution in [0.2, 0.25) is 0 Å². The van der Waals surface area contributed by atoms with Gasteiger partial charge in [-0.1, -0.05) is 5.16 Å². The minimum atomic E-state index is -0.205. The maximum atomic E-state index is 12.0. The Labute approximate surface area is 112 Å². The zero-order valence-electron chi connectivity index (χ0n) is 9.64. The number of carbonyl (C=O) groups is 1. The van der Waals surface area contributed by atoms with Crippen LogP contribution in [0.5, 0.6) is 5.75 Å². The number of nitrogens with zero attached hydrogens (tertiary/aromatic N) is 1. The van der Waals surface area contributed by atoms with E-state index in [0.29, 0.717) is 28.0 Å². The first-order valence-electron chi connectivity index (χ1n) is 5.21. The second-order valence-corrected chi connectivity index (χ2v) is 4.37. The van der Waals surface area contributed by atoms with Gasteiger partial charge in [0.25, 0.3) is 5.91 Å². The highest BCUT2D eigenvalue weighted by atomic mass is 79.9. The van der Waals surface area contributed by atoms with Crippen molar-refractivity contribution in [1.82, 2.24) is 10.5 Å². The maximum Gasteiger partial charge on any atom is 0.252 e. The monoisotopic (exact) mass is 310 g/mol. The van der Waals surface area contributed by atoms with E-state index >= 15 is 0 Å². The molecule has 1 N–H and O–H groups in total. The number of hydrogen-bond donors (Lipinski definition) is 1. The lowest BCUT2D eigenvalue weighted by molar-refractivity contribution is 0.0949. The van der Waals surface area contributed by atoms with Crippen molar-refractivity contribution in [3.63, 3.8) is 0 Å². The van der Waals surface area contributed by atoms with Crippen molar-refractivity contribution < 1.29 is 14.1 Å². The van der Waals surface area contributed by atoms with Gasteiger partial charge in [-0.2, -0.15) is 0 Å². The van der Waals surface area contributed by atoms with Crippen LogP contribution in [0.15, 0.2) is 39.5 Å². The number of benzene rings is 1. The summed E-state index contributed by atoms with van der Waals surface area (Å²) < 4.78 is 10.5. The Balaban J connectivity index is 2.08. The summed E-state index contributed by atoms with van der Waals surface area (Å²) >= 11 is 3.33. The predicted molar refractivity (Wildman–Crippen MR) is 68.4 cm³/mol. The molecule has 1 heterocycles. The first-order chi connectivity index (χ1) is 8.70. The summed E-state index contributed by atoms with van der Waals surface area (Å²) in [6, 6.07) is 6.91. The average molecular weight is 311 g/mol. The van der Waals surface area contributed by atoms with E-state index in [2.05, 4.69) is 30.9 Å². The molecule has 2 rings (SSSR count). The van der Waals surface area contributed by atoms with E-state index in [9.17, 15) is 4.79 Å². The number of nitrogens with one attached hydrogen (secondary N) is 1. The minimum absolute atomic E-state index is 0.205. The zero-order valence-corrected chi connectivity index (χ0v) is 11.2. The molecule has 1 aromatic heterocycles. The largest absolute Gasteiger partial charge is 0.497 e. The SMILES string of the molecule is COc1ccc(Br)c(C(=O)NCc2ccon2)c1. The fourth-order valence-electron chi connectivity index (χ4n) is 1.40. The van der Waals surface area contributed by atoms with Crippen LogP contribution >= 0.6 is 15.9 Å². The van der Waals surface area contributed by atoms with E-state index in [0.717, 1.165) is 0 Å². The van der Waals surface area contributed by atoms with Gasteiger partial charge in [-0.25, -0.2) is 0 Å². The van der Waals surface area contributed by atoms with Gasteiger partial charge in [0, 0.05) is 10.5 Å². The molecule has 0 saturated carbocycles. The Bertz CT molecular complexity index is 540. The van der Waals surface area contributed by atoms with Crippen molar-refractivity contribution in [2.75, 3.05) is 7.11 Å². The number of carbonyl (C=O) groups excluding carboxylic acids is 1. The number of halogens is 1. The van der Waals surface area contributed by atoms with Crippen LogP contribution in [-0.2, 0) is 6.54 Å². The number of ether oxygens (including phenoxy) is 1. The van der Waals surface area contributed by atoms with Gasteiger partial charge in [-0.3, -0.25) is 4.79 Å². The van der Waals surface area contributed by atoms with Crippen molar-refractivity contribution in [3.8, 4) is 5.75 Å². The number of rotatable bonds is 4. The van der Waals surface area contributed by atoms with Gasteiger partial charge in [-0.05, 0) is 34.1 Å². The lowest BCUT2D eigenvalue weighted by Gasteiger charge is -2.07. The molecular formula is C12H11BrN2O3. The Morgan fingerprint density at radius 3 is 3.00 bits per heavy atom. The molecule has 0 radical (unpaired) electrons. The molecule has 94 valence electrons. The van der Waals surface area contributed by atoms with Gasteiger partial charge in [0.1, 0.15) is 17.7 Å². The van der Waals surface area contributed by atoms with Gasteiger partial charge >= 0.3 is 0 Å². The van der Waals surface area contributed by atoms with Crippen LogP contribution in [0.25, 0.3) is 0 Å². The topological polar surface area (TPSA) is 64.4 Å². The van der Waals surface area contributed by atoms with Crippen LogP contribution < -0.4 is 10.1 Å². The standard InChI is InChI=1S/C12H11BrN2O3/c1-17-9-2-3-11(13)10(6-9)12(16)14-7-8-4-5-18-15-8/h2-6H,7H2,1H3,(H,14,16). The Morgan fingerprint density at radius 1 is 1.50 bits per heavy atom. The molecule has 0 atom stereocenters. The molecule has 18 heavy (non-hydrogen) atoms. The molecule has 2 aromatic rings. The van der Waals surface area contributed by atoms with E-state index < -0.39 is 0 Å². The third kappa shape index (κ3) is 2.89. The third-order valence-corrected chi connectivity index (χ3v) is 3.03. The molecule has 0 unspecified atom stereocenters. The number of methoxy groups -OCH3 is 1. The number of aromatic nitrogens is 1. The van der Waals surface area contributed by atoms with E-state index in [-0.39, 0.29) is 5.91 Å². The summed E-state index contributed by atoms with van der Waals surface area (Å²) in [7, 11) is 1.56. The third-order valence-electron chi connectivity index (χ3n) is 2.34. The second-order valence-electron chi connectivity index (χ2n) is 3.52. The van der Waals surface area contributed by atoms with Crippen molar-refractivity contribution in [3.05, 3.63) is 46.3 Å². The summed E-state index contributed by atoms with van der Waals surface area (Å²) in [5.74, 6) is 0.425. The Kier molecular flexibility index (Phi) is 3.99. The van der Waals surface area contributed by atoms with Gasteiger partial charge < -0.3 is 14.6 Å².